The molecule has 188 valence electrons. The van der Waals surface area contributed by atoms with Crippen LogP contribution in [0.4, 0.5) is 0 Å². The fraction of sp³-hybridized carbons (Fsp3) is 0.458. The molecule has 0 saturated carbocycles. The second-order valence-electron chi connectivity index (χ2n) is 7.80. The summed E-state index contributed by atoms with van der Waals surface area (Å²) in [4.78, 5) is 24.4. The Morgan fingerprint density at radius 3 is 2.60 bits per heavy atom. The third-order valence-corrected chi connectivity index (χ3v) is 5.13. The Labute approximate surface area is 203 Å². The van der Waals surface area contributed by atoms with Gasteiger partial charge < -0.3 is 29.5 Å². The fourth-order valence-corrected chi connectivity index (χ4v) is 3.37. The molecule has 0 saturated heterocycles. The third-order valence-electron chi connectivity index (χ3n) is 5.13. The van der Waals surface area contributed by atoms with Crippen LogP contribution < -0.4 is 14.8 Å². The van der Waals surface area contributed by atoms with E-state index in [9.17, 15) is 9.90 Å². The van der Waals surface area contributed by atoms with Gasteiger partial charge in [-0.2, -0.15) is 9.97 Å². The zero-order valence-electron chi connectivity index (χ0n) is 20.4. The number of benzene rings is 1. The molecule has 0 aliphatic rings. The molecule has 35 heavy (non-hydrogen) atoms. The predicted molar refractivity (Wildman–Crippen MR) is 127 cm³/mol. The van der Waals surface area contributed by atoms with Crippen molar-refractivity contribution in [1.29, 1.82) is 0 Å². The largest absolute Gasteiger partial charge is 0.490 e. The smallest absolute Gasteiger partial charge is 0.317 e. The number of amides is 1. The van der Waals surface area contributed by atoms with Crippen LogP contribution >= 0.6 is 0 Å². The van der Waals surface area contributed by atoms with Gasteiger partial charge in [0.25, 0.3) is 5.89 Å². The second kappa shape index (κ2) is 12.2. The Hall–Kier alpha value is -3.57. The summed E-state index contributed by atoms with van der Waals surface area (Å²) in [7, 11) is 0. The minimum Gasteiger partial charge on any atom is -0.490 e. The van der Waals surface area contributed by atoms with E-state index in [0.717, 1.165) is 22.4 Å². The van der Waals surface area contributed by atoms with Gasteiger partial charge in [0, 0.05) is 17.8 Å². The topological polar surface area (TPSA) is 153 Å². The molecule has 1 unspecified atom stereocenters. The number of carbonyl (C=O) groups excluding carboxylic acids is 1. The Kier molecular flexibility index (Phi) is 9.10. The Morgan fingerprint density at radius 1 is 1.11 bits per heavy atom. The molecule has 2 heterocycles. The molecule has 1 aromatic carbocycles. The summed E-state index contributed by atoms with van der Waals surface area (Å²) in [6.07, 6.45) is 0.464. The second-order valence-corrected chi connectivity index (χ2v) is 7.80. The average molecular weight is 486 g/mol. The Balaban J connectivity index is 1.80. The lowest BCUT2D eigenvalue weighted by Gasteiger charge is -2.17. The van der Waals surface area contributed by atoms with Crippen LogP contribution in [0.15, 0.2) is 22.7 Å². The number of aliphatic hydroxyl groups excluding tert-OH is 2. The highest BCUT2D eigenvalue weighted by atomic mass is 16.5. The first kappa shape index (κ1) is 26.0. The molecule has 1 amide bonds. The number of aliphatic hydroxyl groups is 2. The summed E-state index contributed by atoms with van der Waals surface area (Å²) >= 11 is 0. The lowest BCUT2D eigenvalue weighted by Crippen LogP contribution is -2.36. The fourth-order valence-electron chi connectivity index (χ4n) is 3.37. The highest BCUT2D eigenvalue weighted by Gasteiger charge is 2.18. The van der Waals surface area contributed by atoms with E-state index in [4.69, 9.17) is 19.1 Å². The van der Waals surface area contributed by atoms with Crippen LogP contribution in [0.5, 0.6) is 11.8 Å². The van der Waals surface area contributed by atoms with E-state index in [1.165, 1.54) is 0 Å². The highest BCUT2D eigenvalue weighted by Crippen LogP contribution is 2.31. The molecule has 11 heteroatoms. The quantitative estimate of drug-likeness (QED) is 0.346. The van der Waals surface area contributed by atoms with Crippen LogP contribution in [0.1, 0.15) is 37.6 Å². The van der Waals surface area contributed by atoms with Gasteiger partial charge in [-0.25, -0.2) is 4.98 Å². The number of aromatic nitrogens is 4. The number of rotatable bonds is 12. The molecule has 1 atom stereocenters. The van der Waals surface area contributed by atoms with E-state index in [1.807, 2.05) is 39.8 Å². The first-order valence-corrected chi connectivity index (χ1v) is 11.6. The maximum atomic E-state index is 11.1. The van der Waals surface area contributed by atoms with Crippen molar-refractivity contribution in [2.24, 2.45) is 0 Å². The van der Waals surface area contributed by atoms with Crippen LogP contribution in [0.25, 0.3) is 23.0 Å². The number of ether oxygens (including phenoxy) is 2. The van der Waals surface area contributed by atoms with Crippen molar-refractivity contribution in [2.75, 3.05) is 26.4 Å². The van der Waals surface area contributed by atoms with E-state index in [0.29, 0.717) is 36.7 Å². The van der Waals surface area contributed by atoms with Crippen molar-refractivity contribution in [2.45, 2.75) is 46.6 Å². The molecule has 0 spiro atoms. The van der Waals surface area contributed by atoms with Gasteiger partial charge in [0.1, 0.15) is 30.8 Å². The molecule has 0 aliphatic heterocycles. The van der Waals surface area contributed by atoms with Crippen molar-refractivity contribution < 1.29 is 29.0 Å². The molecular weight excluding hydrogens is 454 g/mol. The number of hydrogen-bond acceptors (Lipinski definition) is 10. The molecule has 0 fully saturated rings. The molecule has 0 bridgehead atoms. The minimum absolute atomic E-state index is 0.0130. The number of nitrogens with one attached hydrogen (secondary N) is 1. The standard InChI is InChI=1S/C24H31N5O6/c1-5-15-9-16(8-14(4)21(15)34-13-18(31)11-25-20(32)12-30)22-28-23(35-29-22)19-10-17(6-2)26-24(27-19)33-7-3/h8-10,18,30-31H,5-7,11-13H2,1-4H3,(H,25,32). The van der Waals surface area contributed by atoms with Gasteiger partial charge >= 0.3 is 6.01 Å². The summed E-state index contributed by atoms with van der Waals surface area (Å²) in [5, 5.41) is 25.4. The molecule has 3 rings (SSSR count). The average Bonchev–Trinajstić information content (AvgIpc) is 3.36. The molecule has 0 aliphatic carbocycles. The van der Waals surface area contributed by atoms with Crippen LogP contribution in [0.3, 0.4) is 0 Å². The van der Waals surface area contributed by atoms with Crippen LogP contribution in [0, 0.1) is 6.92 Å². The summed E-state index contributed by atoms with van der Waals surface area (Å²) in [6.45, 7) is 7.53. The van der Waals surface area contributed by atoms with Gasteiger partial charge in [0.2, 0.25) is 11.7 Å². The van der Waals surface area contributed by atoms with Crippen LogP contribution in [-0.4, -0.2) is 68.7 Å². The molecular formula is C24H31N5O6. The van der Waals surface area contributed by atoms with Gasteiger partial charge in [-0.3, -0.25) is 4.79 Å². The zero-order valence-corrected chi connectivity index (χ0v) is 20.4. The van der Waals surface area contributed by atoms with Crippen LogP contribution in [-0.2, 0) is 17.6 Å². The maximum absolute atomic E-state index is 11.1. The summed E-state index contributed by atoms with van der Waals surface area (Å²) in [6, 6.07) is 5.87. The molecule has 3 aromatic rings. The molecule has 0 radical (unpaired) electrons. The number of hydrogen-bond donors (Lipinski definition) is 3. The number of nitrogens with zero attached hydrogens (tertiary/aromatic N) is 4. The van der Waals surface area contributed by atoms with Gasteiger partial charge in [0.05, 0.1) is 6.61 Å². The Morgan fingerprint density at radius 2 is 1.91 bits per heavy atom. The third kappa shape index (κ3) is 6.74. The van der Waals surface area contributed by atoms with E-state index < -0.39 is 18.6 Å². The first-order valence-electron chi connectivity index (χ1n) is 11.6. The van der Waals surface area contributed by atoms with Crippen molar-refractivity contribution in [3.05, 3.63) is 35.0 Å². The SMILES string of the molecule is CCOc1nc(CC)cc(-c2nc(-c3cc(C)c(OCC(O)CNC(=O)CO)c(CC)c3)no2)n1. The van der Waals surface area contributed by atoms with E-state index in [2.05, 4.69) is 25.4 Å². The van der Waals surface area contributed by atoms with Gasteiger partial charge in [0.15, 0.2) is 0 Å². The minimum atomic E-state index is -0.920. The van der Waals surface area contributed by atoms with Crippen LogP contribution in [0.2, 0.25) is 0 Å². The van der Waals surface area contributed by atoms with E-state index in [-0.39, 0.29) is 25.1 Å². The predicted octanol–water partition coefficient (Wildman–Crippen LogP) is 1.87. The number of aryl methyl sites for hydroxylation is 3. The van der Waals surface area contributed by atoms with E-state index >= 15 is 0 Å². The monoisotopic (exact) mass is 485 g/mol. The zero-order chi connectivity index (χ0) is 25.4. The van der Waals surface area contributed by atoms with Crippen molar-refractivity contribution in [3.8, 4) is 34.7 Å². The summed E-state index contributed by atoms with van der Waals surface area (Å²) in [5.41, 5.74) is 3.81. The first-order chi connectivity index (χ1) is 16.9. The van der Waals surface area contributed by atoms with Gasteiger partial charge in [-0.15, -0.1) is 0 Å². The van der Waals surface area contributed by atoms with Crippen molar-refractivity contribution in [1.82, 2.24) is 25.4 Å². The maximum Gasteiger partial charge on any atom is 0.317 e. The molecule has 3 N–H and O–H groups in total. The lowest BCUT2D eigenvalue weighted by molar-refractivity contribution is -0.124. The van der Waals surface area contributed by atoms with E-state index in [1.54, 1.807) is 6.07 Å². The molecule has 11 nitrogen and oxygen atoms in total. The lowest BCUT2D eigenvalue weighted by atomic mass is 10.0. The number of carbonyl (C=O) groups is 1. The normalized spacial score (nSPS) is 11.8. The summed E-state index contributed by atoms with van der Waals surface area (Å²) in [5.74, 6) is 0.769. The highest BCUT2D eigenvalue weighted by molar-refractivity contribution is 5.76. The molecule has 2 aromatic heterocycles. The van der Waals surface area contributed by atoms with Gasteiger partial charge in [-0.05, 0) is 56.0 Å². The van der Waals surface area contributed by atoms with Gasteiger partial charge in [-0.1, -0.05) is 19.0 Å². The summed E-state index contributed by atoms with van der Waals surface area (Å²) < 4.78 is 16.8. The Bertz CT molecular complexity index is 1150. The van der Waals surface area contributed by atoms with Crippen molar-refractivity contribution in [3.63, 3.8) is 0 Å². The van der Waals surface area contributed by atoms with Crippen molar-refractivity contribution >= 4 is 5.91 Å².